The van der Waals surface area contributed by atoms with Crippen LogP contribution in [0.5, 0.6) is 5.75 Å². The normalized spacial score (nSPS) is 12.0. The minimum Gasteiger partial charge on any atom is -0.507 e. The molecule has 0 saturated carbocycles. The van der Waals surface area contributed by atoms with E-state index < -0.39 is 23.2 Å². The van der Waals surface area contributed by atoms with Gasteiger partial charge in [0, 0.05) is 13.2 Å². The van der Waals surface area contributed by atoms with Crippen molar-refractivity contribution < 1.29 is 28.5 Å². The number of esters is 1. The predicted molar refractivity (Wildman–Crippen MR) is 95.2 cm³/mol. The van der Waals surface area contributed by atoms with Gasteiger partial charge >= 0.3 is 5.97 Å². The standard InChI is InChI=1S/C19H19FN2O5/c1-25-12-17(23)18(19(24)26-2)22-21-16-9-8-14(10-15(16)20)27-11-13-6-4-3-5-7-13/h3-10,23H,11-12H2,1-2H3. The maximum atomic E-state index is 14.2. The van der Waals surface area contributed by atoms with Crippen LogP contribution in [0.3, 0.4) is 0 Å². The van der Waals surface area contributed by atoms with Gasteiger partial charge in [-0.2, -0.15) is 0 Å². The molecule has 0 aliphatic rings. The zero-order chi connectivity index (χ0) is 19.6. The fraction of sp³-hybridized carbons (Fsp3) is 0.211. The highest BCUT2D eigenvalue weighted by atomic mass is 19.1. The molecular weight excluding hydrogens is 355 g/mol. The Bertz CT molecular complexity index is 837. The number of halogens is 1. The second kappa shape index (κ2) is 10.0. The van der Waals surface area contributed by atoms with Gasteiger partial charge in [0.05, 0.1) is 7.11 Å². The van der Waals surface area contributed by atoms with Crippen LogP contribution in [0.1, 0.15) is 5.56 Å². The summed E-state index contributed by atoms with van der Waals surface area (Å²) in [4.78, 5) is 11.6. The van der Waals surface area contributed by atoms with Crippen molar-refractivity contribution in [1.29, 1.82) is 0 Å². The Kier molecular flexibility index (Phi) is 7.45. The number of hydrogen-bond acceptors (Lipinski definition) is 7. The molecule has 2 aromatic rings. The molecule has 1 N–H and O–H groups in total. The molecule has 8 heteroatoms. The van der Waals surface area contributed by atoms with Gasteiger partial charge in [0.2, 0.25) is 5.70 Å². The summed E-state index contributed by atoms with van der Waals surface area (Å²) in [6.07, 6.45) is 0. The van der Waals surface area contributed by atoms with Gasteiger partial charge in [0.25, 0.3) is 0 Å². The van der Waals surface area contributed by atoms with E-state index in [-0.39, 0.29) is 12.3 Å². The lowest BCUT2D eigenvalue weighted by Crippen LogP contribution is -2.08. The van der Waals surface area contributed by atoms with Crippen molar-refractivity contribution in [2.24, 2.45) is 10.2 Å². The molecule has 2 aromatic carbocycles. The molecule has 0 aromatic heterocycles. The van der Waals surface area contributed by atoms with Crippen LogP contribution in [0, 0.1) is 5.82 Å². The van der Waals surface area contributed by atoms with E-state index in [9.17, 15) is 14.3 Å². The lowest BCUT2D eigenvalue weighted by molar-refractivity contribution is -0.136. The molecule has 0 fully saturated rings. The van der Waals surface area contributed by atoms with E-state index in [0.29, 0.717) is 12.4 Å². The summed E-state index contributed by atoms with van der Waals surface area (Å²) >= 11 is 0. The first-order chi connectivity index (χ1) is 13.0. The highest BCUT2D eigenvalue weighted by molar-refractivity contribution is 5.88. The van der Waals surface area contributed by atoms with Gasteiger partial charge in [0.15, 0.2) is 11.6 Å². The number of benzene rings is 2. The van der Waals surface area contributed by atoms with E-state index in [1.54, 1.807) is 0 Å². The molecule has 0 spiro atoms. The Morgan fingerprint density at radius 1 is 1.15 bits per heavy atom. The van der Waals surface area contributed by atoms with Crippen LogP contribution < -0.4 is 4.74 Å². The van der Waals surface area contributed by atoms with E-state index in [1.165, 1.54) is 19.2 Å². The molecule has 0 heterocycles. The van der Waals surface area contributed by atoms with E-state index >= 15 is 0 Å². The molecule has 0 aliphatic carbocycles. The molecule has 27 heavy (non-hydrogen) atoms. The fourth-order valence-electron chi connectivity index (χ4n) is 2.02. The first-order valence-corrected chi connectivity index (χ1v) is 7.92. The number of rotatable bonds is 8. The third-order valence-corrected chi connectivity index (χ3v) is 3.36. The van der Waals surface area contributed by atoms with Gasteiger partial charge in [-0.05, 0) is 17.7 Å². The smallest absolute Gasteiger partial charge is 0.362 e. The summed E-state index contributed by atoms with van der Waals surface area (Å²) in [6, 6.07) is 13.5. The van der Waals surface area contributed by atoms with Crippen LogP contribution in [0.4, 0.5) is 10.1 Å². The second-order valence-corrected chi connectivity index (χ2v) is 5.31. The molecule has 2 rings (SSSR count). The van der Waals surface area contributed by atoms with Gasteiger partial charge in [-0.3, -0.25) is 0 Å². The van der Waals surface area contributed by atoms with Crippen molar-refractivity contribution in [3.63, 3.8) is 0 Å². The molecular formula is C19H19FN2O5. The molecule has 0 amide bonds. The van der Waals surface area contributed by atoms with Crippen molar-refractivity contribution in [2.75, 3.05) is 20.8 Å². The quantitative estimate of drug-likeness (QED) is 0.325. The van der Waals surface area contributed by atoms with Crippen molar-refractivity contribution in [2.45, 2.75) is 6.61 Å². The molecule has 7 nitrogen and oxygen atoms in total. The first kappa shape index (κ1) is 20.1. The Morgan fingerprint density at radius 3 is 2.52 bits per heavy atom. The van der Waals surface area contributed by atoms with E-state index in [4.69, 9.17) is 9.47 Å². The maximum absolute atomic E-state index is 14.2. The van der Waals surface area contributed by atoms with Crippen molar-refractivity contribution in [3.8, 4) is 5.75 Å². The van der Waals surface area contributed by atoms with Crippen LogP contribution in [0.15, 0.2) is 70.2 Å². The molecule has 142 valence electrons. The third kappa shape index (κ3) is 5.89. The summed E-state index contributed by atoms with van der Waals surface area (Å²) in [5.41, 5.74) is 0.347. The fourth-order valence-corrected chi connectivity index (χ4v) is 2.02. The predicted octanol–water partition coefficient (Wildman–Crippen LogP) is 4.08. The molecule has 0 aliphatic heterocycles. The van der Waals surface area contributed by atoms with Crippen LogP contribution in [-0.2, 0) is 20.9 Å². The maximum Gasteiger partial charge on any atom is 0.362 e. The average Bonchev–Trinajstić information content (AvgIpc) is 2.68. The number of hydrogen-bond donors (Lipinski definition) is 1. The summed E-state index contributed by atoms with van der Waals surface area (Å²) < 4.78 is 29.0. The lowest BCUT2D eigenvalue weighted by atomic mass is 10.2. The minimum absolute atomic E-state index is 0.131. The number of carbonyl (C=O) groups excluding carboxylic acids is 1. The van der Waals surface area contributed by atoms with Crippen molar-refractivity contribution >= 4 is 11.7 Å². The topological polar surface area (TPSA) is 89.7 Å². The van der Waals surface area contributed by atoms with Gasteiger partial charge in [-0.1, -0.05) is 30.3 Å². The summed E-state index contributed by atoms with van der Waals surface area (Å²) in [5, 5.41) is 17.0. The van der Waals surface area contributed by atoms with Gasteiger partial charge < -0.3 is 19.3 Å². The van der Waals surface area contributed by atoms with E-state index in [0.717, 1.165) is 18.7 Å². The molecule has 0 bridgehead atoms. The number of carbonyl (C=O) groups is 1. The number of methoxy groups -OCH3 is 2. The number of ether oxygens (including phenoxy) is 3. The van der Waals surface area contributed by atoms with Crippen LogP contribution in [-0.4, -0.2) is 31.9 Å². The zero-order valence-electron chi connectivity index (χ0n) is 14.9. The minimum atomic E-state index is -0.920. The Balaban J connectivity index is 2.13. The first-order valence-electron chi connectivity index (χ1n) is 7.92. The number of aliphatic hydroxyl groups excluding tert-OH is 1. The SMILES string of the molecule is COCC(O)=C(N=Nc1ccc(OCc2ccccc2)cc1F)C(=O)OC. The molecule has 0 saturated heterocycles. The molecule has 0 atom stereocenters. The van der Waals surface area contributed by atoms with Crippen molar-refractivity contribution in [1.82, 2.24) is 0 Å². The second-order valence-electron chi connectivity index (χ2n) is 5.31. The Labute approximate surface area is 155 Å². The highest BCUT2D eigenvalue weighted by Crippen LogP contribution is 2.25. The van der Waals surface area contributed by atoms with Gasteiger partial charge in [-0.25, -0.2) is 9.18 Å². The summed E-state index contributed by atoms with van der Waals surface area (Å²) in [6.45, 7) is 0.0272. The average molecular weight is 374 g/mol. The number of azo groups is 1. The largest absolute Gasteiger partial charge is 0.507 e. The Morgan fingerprint density at radius 2 is 1.89 bits per heavy atom. The van der Waals surface area contributed by atoms with Crippen LogP contribution in [0.2, 0.25) is 0 Å². The number of nitrogens with zero attached hydrogens (tertiary/aromatic N) is 2. The Hall–Kier alpha value is -3.26. The van der Waals surface area contributed by atoms with Crippen LogP contribution in [0.25, 0.3) is 0 Å². The lowest BCUT2D eigenvalue weighted by Gasteiger charge is -2.07. The van der Waals surface area contributed by atoms with Gasteiger partial charge in [0.1, 0.15) is 24.7 Å². The van der Waals surface area contributed by atoms with Crippen LogP contribution >= 0.6 is 0 Å². The molecule has 0 radical (unpaired) electrons. The number of aliphatic hydroxyl groups is 1. The zero-order valence-corrected chi connectivity index (χ0v) is 14.9. The van der Waals surface area contributed by atoms with E-state index in [2.05, 4.69) is 15.0 Å². The third-order valence-electron chi connectivity index (χ3n) is 3.36. The van der Waals surface area contributed by atoms with Crippen molar-refractivity contribution in [3.05, 3.63) is 71.4 Å². The summed E-state index contributed by atoms with van der Waals surface area (Å²) in [5.74, 6) is -1.77. The van der Waals surface area contributed by atoms with E-state index in [1.807, 2.05) is 30.3 Å². The highest BCUT2D eigenvalue weighted by Gasteiger charge is 2.16. The summed E-state index contributed by atoms with van der Waals surface area (Å²) in [7, 11) is 2.45. The monoisotopic (exact) mass is 374 g/mol. The molecule has 0 unspecified atom stereocenters. The van der Waals surface area contributed by atoms with Gasteiger partial charge in [-0.15, -0.1) is 10.2 Å².